The third kappa shape index (κ3) is 4.76. The van der Waals surface area contributed by atoms with Crippen LogP contribution in [0.2, 0.25) is 0 Å². The van der Waals surface area contributed by atoms with Crippen LogP contribution in [-0.4, -0.2) is 36.1 Å². The molecule has 0 radical (unpaired) electrons. The number of carbonyl (C=O) groups is 1. The van der Waals surface area contributed by atoms with Crippen molar-refractivity contribution < 1.29 is 14.6 Å². The first-order valence-corrected chi connectivity index (χ1v) is 9.11. The standard InChI is InChI=1S/C21H26N2O3/c1-26-18-9-10-20(24)19(13-18)21(25)22-14-16-5-7-17(8-6-16)15-23-11-3-2-4-12-23/h5-10,13,24H,2-4,11-12,14-15H2,1H3,(H,22,25). The average molecular weight is 354 g/mol. The summed E-state index contributed by atoms with van der Waals surface area (Å²) >= 11 is 0. The molecule has 1 aliphatic rings. The zero-order chi connectivity index (χ0) is 18.4. The summed E-state index contributed by atoms with van der Waals surface area (Å²) in [6.07, 6.45) is 3.93. The predicted molar refractivity (Wildman–Crippen MR) is 101 cm³/mol. The Kier molecular flexibility index (Phi) is 6.12. The van der Waals surface area contributed by atoms with Gasteiger partial charge in [-0.15, -0.1) is 0 Å². The van der Waals surface area contributed by atoms with E-state index in [9.17, 15) is 9.90 Å². The first kappa shape index (κ1) is 18.3. The molecular weight excluding hydrogens is 328 g/mol. The number of hydrogen-bond donors (Lipinski definition) is 2. The molecule has 0 atom stereocenters. The predicted octanol–water partition coefficient (Wildman–Crippen LogP) is 3.32. The Bertz CT molecular complexity index is 737. The number of carbonyl (C=O) groups excluding carboxylic acids is 1. The van der Waals surface area contributed by atoms with Gasteiger partial charge in [-0.3, -0.25) is 9.69 Å². The van der Waals surface area contributed by atoms with E-state index in [2.05, 4.69) is 22.3 Å². The van der Waals surface area contributed by atoms with Crippen LogP contribution in [0.3, 0.4) is 0 Å². The maximum Gasteiger partial charge on any atom is 0.255 e. The lowest BCUT2D eigenvalue weighted by molar-refractivity contribution is 0.0948. The van der Waals surface area contributed by atoms with Gasteiger partial charge in [0.2, 0.25) is 0 Å². The molecule has 26 heavy (non-hydrogen) atoms. The first-order valence-electron chi connectivity index (χ1n) is 9.11. The molecule has 0 unspecified atom stereocenters. The molecule has 5 heteroatoms. The zero-order valence-electron chi connectivity index (χ0n) is 15.2. The van der Waals surface area contributed by atoms with Crippen molar-refractivity contribution in [2.75, 3.05) is 20.2 Å². The van der Waals surface area contributed by atoms with Crippen molar-refractivity contribution in [1.29, 1.82) is 0 Å². The van der Waals surface area contributed by atoms with Crippen LogP contribution < -0.4 is 10.1 Å². The van der Waals surface area contributed by atoms with Gasteiger partial charge >= 0.3 is 0 Å². The lowest BCUT2D eigenvalue weighted by Crippen LogP contribution is -2.29. The Labute approximate surface area is 154 Å². The number of piperidine rings is 1. The fourth-order valence-electron chi connectivity index (χ4n) is 3.24. The second kappa shape index (κ2) is 8.72. The highest BCUT2D eigenvalue weighted by molar-refractivity contribution is 5.97. The minimum atomic E-state index is -0.321. The van der Waals surface area contributed by atoms with E-state index in [1.807, 2.05) is 12.1 Å². The number of ether oxygens (including phenoxy) is 1. The number of amides is 1. The molecule has 138 valence electrons. The fraction of sp³-hybridized carbons (Fsp3) is 0.381. The monoisotopic (exact) mass is 354 g/mol. The van der Waals surface area contributed by atoms with E-state index in [1.165, 1.54) is 57.2 Å². The van der Waals surface area contributed by atoms with Crippen molar-refractivity contribution in [3.63, 3.8) is 0 Å². The number of rotatable bonds is 6. The van der Waals surface area contributed by atoms with Gasteiger partial charge in [0.25, 0.3) is 5.91 Å². The molecule has 1 amide bonds. The minimum absolute atomic E-state index is 0.0554. The summed E-state index contributed by atoms with van der Waals surface area (Å²) in [5, 5.41) is 12.7. The lowest BCUT2D eigenvalue weighted by Gasteiger charge is -2.26. The topological polar surface area (TPSA) is 61.8 Å². The first-order chi connectivity index (χ1) is 12.7. The molecule has 1 saturated heterocycles. The quantitative estimate of drug-likeness (QED) is 0.835. The van der Waals surface area contributed by atoms with Crippen LogP contribution in [-0.2, 0) is 13.1 Å². The Hall–Kier alpha value is -2.53. The number of benzene rings is 2. The Morgan fingerprint density at radius 1 is 1.08 bits per heavy atom. The minimum Gasteiger partial charge on any atom is -0.507 e. The van der Waals surface area contributed by atoms with Gasteiger partial charge in [-0.25, -0.2) is 0 Å². The summed E-state index contributed by atoms with van der Waals surface area (Å²) in [6.45, 7) is 3.77. The smallest absolute Gasteiger partial charge is 0.255 e. The van der Waals surface area contributed by atoms with Crippen LogP contribution in [0.4, 0.5) is 0 Å². The van der Waals surface area contributed by atoms with Gasteiger partial charge in [0.15, 0.2) is 0 Å². The highest BCUT2D eigenvalue weighted by Crippen LogP contribution is 2.22. The van der Waals surface area contributed by atoms with Crippen molar-refractivity contribution in [1.82, 2.24) is 10.2 Å². The number of likely N-dealkylation sites (tertiary alicyclic amines) is 1. The molecule has 0 saturated carbocycles. The molecule has 2 aromatic carbocycles. The number of phenolic OH excluding ortho intramolecular Hbond substituents is 1. The van der Waals surface area contributed by atoms with Crippen LogP contribution in [0.15, 0.2) is 42.5 Å². The van der Waals surface area contributed by atoms with Crippen molar-refractivity contribution in [2.45, 2.75) is 32.4 Å². The van der Waals surface area contributed by atoms with Crippen LogP contribution in [0.25, 0.3) is 0 Å². The van der Waals surface area contributed by atoms with Crippen molar-refractivity contribution in [3.8, 4) is 11.5 Å². The molecule has 2 N–H and O–H groups in total. The average Bonchev–Trinajstić information content (AvgIpc) is 2.68. The number of aromatic hydroxyl groups is 1. The summed E-state index contributed by atoms with van der Waals surface area (Å²) in [5.74, 6) is 0.161. The molecule has 0 bridgehead atoms. The van der Waals surface area contributed by atoms with E-state index < -0.39 is 0 Å². The summed E-state index contributed by atoms with van der Waals surface area (Å²) in [7, 11) is 1.53. The molecule has 0 aliphatic carbocycles. The Balaban J connectivity index is 1.55. The highest BCUT2D eigenvalue weighted by Gasteiger charge is 2.13. The molecule has 5 nitrogen and oxygen atoms in total. The number of nitrogens with zero attached hydrogens (tertiary/aromatic N) is 1. The summed E-state index contributed by atoms with van der Waals surface area (Å²) in [5.41, 5.74) is 2.54. The highest BCUT2D eigenvalue weighted by atomic mass is 16.5. The van der Waals surface area contributed by atoms with Crippen LogP contribution >= 0.6 is 0 Å². The fourth-order valence-corrected chi connectivity index (χ4v) is 3.24. The van der Waals surface area contributed by atoms with Gasteiger partial charge < -0.3 is 15.2 Å². The van der Waals surface area contributed by atoms with Gasteiger partial charge in [0, 0.05) is 13.1 Å². The number of methoxy groups -OCH3 is 1. The second-order valence-electron chi connectivity index (χ2n) is 6.72. The number of phenols is 1. The summed E-state index contributed by atoms with van der Waals surface area (Å²) < 4.78 is 5.10. The molecule has 0 spiro atoms. The van der Waals surface area contributed by atoms with Crippen molar-refractivity contribution in [2.24, 2.45) is 0 Å². The van der Waals surface area contributed by atoms with Crippen LogP contribution in [0.5, 0.6) is 11.5 Å². The van der Waals surface area contributed by atoms with E-state index in [0.717, 1.165) is 12.1 Å². The zero-order valence-corrected chi connectivity index (χ0v) is 15.2. The summed E-state index contributed by atoms with van der Waals surface area (Å²) in [6, 6.07) is 13.0. The van der Waals surface area contributed by atoms with Crippen molar-refractivity contribution >= 4 is 5.91 Å². The molecule has 0 aromatic heterocycles. The van der Waals surface area contributed by atoms with Crippen LogP contribution in [0.1, 0.15) is 40.7 Å². The molecular formula is C21H26N2O3. The molecule has 1 aliphatic heterocycles. The van der Waals surface area contributed by atoms with E-state index in [4.69, 9.17) is 4.74 Å². The molecule has 1 heterocycles. The maximum atomic E-state index is 12.3. The van der Waals surface area contributed by atoms with E-state index in [1.54, 1.807) is 6.07 Å². The molecule has 3 rings (SSSR count). The van der Waals surface area contributed by atoms with Gasteiger partial charge in [-0.05, 0) is 55.3 Å². The summed E-state index contributed by atoms with van der Waals surface area (Å²) in [4.78, 5) is 14.8. The largest absolute Gasteiger partial charge is 0.507 e. The number of nitrogens with one attached hydrogen (secondary N) is 1. The molecule has 1 fully saturated rings. The third-order valence-corrected chi connectivity index (χ3v) is 4.78. The van der Waals surface area contributed by atoms with Gasteiger partial charge in [0.1, 0.15) is 11.5 Å². The number of hydrogen-bond acceptors (Lipinski definition) is 4. The third-order valence-electron chi connectivity index (χ3n) is 4.78. The van der Waals surface area contributed by atoms with E-state index in [-0.39, 0.29) is 17.2 Å². The Morgan fingerprint density at radius 2 is 1.77 bits per heavy atom. The van der Waals surface area contributed by atoms with E-state index in [0.29, 0.717) is 12.3 Å². The lowest BCUT2D eigenvalue weighted by atomic mass is 10.1. The Morgan fingerprint density at radius 3 is 2.46 bits per heavy atom. The normalized spacial score (nSPS) is 14.8. The molecule has 2 aromatic rings. The maximum absolute atomic E-state index is 12.3. The second-order valence-corrected chi connectivity index (χ2v) is 6.72. The van der Waals surface area contributed by atoms with Gasteiger partial charge in [-0.1, -0.05) is 30.7 Å². The van der Waals surface area contributed by atoms with Gasteiger partial charge in [-0.2, -0.15) is 0 Å². The van der Waals surface area contributed by atoms with E-state index >= 15 is 0 Å². The van der Waals surface area contributed by atoms with Gasteiger partial charge in [0.05, 0.1) is 12.7 Å². The SMILES string of the molecule is COc1ccc(O)c(C(=O)NCc2ccc(CN3CCCCC3)cc2)c1. The van der Waals surface area contributed by atoms with Crippen molar-refractivity contribution in [3.05, 3.63) is 59.2 Å². The van der Waals surface area contributed by atoms with Crippen LogP contribution in [0, 0.1) is 0 Å².